The molecule has 2 aromatic heterocycles. The summed E-state index contributed by atoms with van der Waals surface area (Å²) in [5.74, 6) is -1.93. The number of anilines is 1. The van der Waals surface area contributed by atoms with Gasteiger partial charge in [-0.2, -0.15) is 4.31 Å². The summed E-state index contributed by atoms with van der Waals surface area (Å²) in [6, 6.07) is 0. The van der Waals surface area contributed by atoms with Crippen LogP contribution in [0.2, 0.25) is 0 Å². The monoisotopic (exact) mass is 1010 g/mol. The number of ether oxygens (including phenoxy) is 3. The average Bonchev–Trinajstić information content (AvgIpc) is 3.76. The van der Waals surface area contributed by atoms with E-state index in [-0.39, 0.29) is 61.7 Å². The smallest absolute Gasteiger partial charge is 0.390 e. The van der Waals surface area contributed by atoms with Crippen molar-refractivity contribution in [2.45, 2.75) is 102 Å². The van der Waals surface area contributed by atoms with Crippen LogP contribution in [0.15, 0.2) is 12.7 Å². The summed E-state index contributed by atoms with van der Waals surface area (Å²) in [5, 5.41) is 45.5. The molecule has 2 aromatic rings. The minimum absolute atomic E-state index is 0.0140. The Balaban J connectivity index is 1.14. The molecule has 0 aliphatic carbocycles. The fraction of sp³-hybridized carbons (Fsp3) is 0.719. The van der Waals surface area contributed by atoms with Crippen LogP contribution < -0.4 is 16.4 Å². The second-order valence-electron chi connectivity index (χ2n) is 15.2. The van der Waals surface area contributed by atoms with Gasteiger partial charge in [-0.15, -0.1) is 0 Å². The van der Waals surface area contributed by atoms with Crippen LogP contribution in [-0.4, -0.2) is 170 Å². The number of thioether (sulfide) groups is 1. The fourth-order valence-corrected chi connectivity index (χ4v) is 9.50. The second-order valence-corrected chi connectivity index (χ2v) is 20.6. The molecule has 2 aliphatic heterocycles. The number of nitrogens with zero attached hydrogens (tertiary/aromatic N) is 4. The van der Waals surface area contributed by atoms with E-state index in [9.17, 15) is 72.9 Å². The molecule has 2 fully saturated rings. The number of hydrogen-bond donors (Lipinski definition) is 11. The maximum absolute atomic E-state index is 12.7. The maximum atomic E-state index is 12.7. The molecule has 4 heterocycles. The van der Waals surface area contributed by atoms with Gasteiger partial charge in [-0.05, 0) is 6.92 Å². The summed E-state index contributed by atoms with van der Waals surface area (Å²) in [6.45, 7) is 1.61. The van der Waals surface area contributed by atoms with Crippen molar-refractivity contribution in [3.63, 3.8) is 0 Å². The van der Waals surface area contributed by atoms with Crippen molar-refractivity contribution in [3.05, 3.63) is 12.7 Å². The lowest BCUT2D eigenvalue weighted by molar-refractivity contribution is -0.260. The molecule has 0 radical (unpaired) electrons. The van der Waals surface area contributed by atoms with Gasteiger partial charge < -0.3 is 70.6 Å². The molecule has 29 nitrogen and oxygen atoms in total. The number of nitrogens with one attached hydrogen (secondary N) is 2. The Labute approximate surface area is 373 Å². The normalized spacial score (nSPS) is 26.3. The topological polar surface area (TPSA) is 440 Å². The number of carbonyl (C=O) groups excluding carboxylic acids is 4. The van der Waals surface area contributed by atoms with Crippen molar-refractivity contribution in [3.8, 4) is 0 Å². The van der Waals surface area contributed by atoms with E-state index in [1.54, 1.807) is 6.92 Å². The van der Waals surface area contributed by atoms with E-state index in [1.165, 1.54) is 13.8 Å². The van der Waals surface area contributed by atoms with E-state index in [0.29, 0.717) is 0 Å². The molecule has 2 amide bonds. The number of nitrogens with two attached hydrogens (primary N) is 1. The molecular weight excluding hydrogens is 959 g/mol. The number of rotatable bonds is 25. The Kier molecular flexibility index (Phi) is 19.7. The van der Waals surface area contributed by atoms with Gasteiger partial charge in [-0.3, -0.25) is 37.3 Å². The predicted molar refractivity (Wildman–Crippen MR) is 218 cm³/mol. The van der Waals surface area contributed by atoms with E-state index >= 15 is 0 Å². The second kappa shape index (κ2) is 23.4. The third-order valence-electron chi connectivity index (χ3n) is 9.46. The van der Waals surface area contributed by atoms with Crippen LogP contribution in [0.3, 0.4) is 0 Å². The Morgan fingerprint density at radius 2 is 1.68 bits per heavy atom. The van der Waals surface area contributed by atoms with Crippen molar-refractivity contribution in [2.24, 2.45) is 5.41 Å². The number of ketones is 1. The summed E-state index contributed by atoms with van der Waals surface area (Å²) < 4.78 is 72.9. The first kappa shape index (κ1) is 54.7. The molecule has 11 atom stereocenters. The number of nitrogen functional groups attached to an aromatic ring is 1. The highest BCUT2D eigenvalue weighted by Crippen LogP contribution is 2.61. The standard InChI is InChI=1S/C32H52N7O22P3S/c1-16-18(41)11-19(42)31(58-16)55-8-5-17(40)10-22(44)65-9-7-34-21(43)4-6-35-29(47)26(46)32(2,3)13-57-64(53,54)61-63(51,52)56-12-20-25(60-62(48,49)50)24(45)30(59-20)39-15-38-23-27(33)36-14-37-28(23)39/h14-16,18-20,24-26,30-31,41-42,45-46H,4-13H2,1-3H3,(H,34,43)(H,35,47)(H,51,52)(H,53,54)(H2,33,36,37)(H2,48,49,50)/t16-,18+,19+,20+,24+,25+,26-,30+,31+/m0/s1. The highest BCUT2D eigenvalue weighted by atomic mass is 32.2. The van der Waals surface area contributed by atoms with Crippen LogP contribution in [0.5, 0.6) is 0 Å². The Morgan fingerprint density at radius 3 is 2.37 bits per heavy atom. The molecule has 33 heteroatoms. The van der Waals surface area contributed by atoms with Crippen LogP contribution in [0.25, 0.3) is 11.2 Å². The first-order chi connectivity index (χ1) is 30.2. The van der Waals surface area contributed by atoms with E-state index in [1.807, 2.05) is 0 Å². The number of imidazole rings is 1. The zero-order valence-electron chi connectivity index (χ0n) is 34.8. The zero-order valence-corrected chi connectivity index (χ0v) is 38.3. The van der Waals surface area contributed by atoms with Gasteiger partial charge in [-0.1, -0.05) is 25.6 Å². The van der Waals surface area contributed by atoms with Gasteiger partial charge in [-0.25, -0.2) is 28.6 Å². The molecule has 0 spiro atoms. The van der Waals surface area contributed by atoms with Crippen molar-refractivity contribution in [2.75, 3.05) is 44.4 Å². The number of amides is 2. The lowest BCUT2D eigenvalue weighted by Gasteiger charge is -2.35. The molecule has 12 N–H and O–H groups in total. The first-order valence-corrected chi connectivity index (χ1v) is 24.9. The number of fused-ring (bicyclic) bond motifs is 1. The number of phosphoric ester groups is 3. The molecule has 0 aromatic carbocycles. The van der Waals surface area contributed by atoms with Gasteiger partial charge in [0.1, 0.15) is 48.1 Å². The average molecular weight is 1010 g/mol. The number of aliphatic hydroxyl groups is 4. The van der Waals surface area contributed by atoms with Crippen molar-refractivity contribution >= 4 is 74.9 Å². The summed E-state index contributed by atoms with van der Waals surface area (Å²) in [5.41, 5.74) is 4.18. The molecule has 4 rings (SSSR count). The molecule has 65 heavy (non-hydrogen) atoms. The number of phosphoric acid groups is 3. The zero-order chi connectivity index (χ0) is 48.5. The Bertz CT molecular complexity index is 2130. The number of carbonyl (C=O) groups is 4. The first-order valence-electron chi connectivity index (χ1n) is 19.4. The van der Waals surface area contributed by atoms with Gasteiger partial charge in [0.05, 0.1) is 44.8 Å². The van der Waals surface area contributed by atoms with Gasteiger partial charge in [0.25, 0.3) is 0 Å². The minimum atomic E-state index is -5.61. The molecule has 2 aliphatic rings. The SMILES string of the molecule is C[C@@H]1O[C@@H](OCCC(=O)CC(=O)SCCNC(=O)CCNC(=O)[C@H](O)C(C)(C)COP(=O)(O)OP(=O)(O)OC[C@H]2O[C@@H](n3cnc4c(N)ncnc43)[C@H](O)[C@@H]2OP(=O)(O)O)[C@H](O)C[C@H]1O. The highest BCUT2D eigenvalue weighted by molar-refractivity contribution is 8.13. The van der Waals surface area contributed by atoms with Gasteiger partial charge >= 0.3 is 23.5 Å². The molecule has 368 valence electrons. The molecule has 2 saturated heterocycles. The lowest BCUT2D eigenvalue weighted by atomic mass is 9.87. The summed E-state index contributed by atoms with van der Waals surface area (Å²) in [7, 11) is -16.5. The molecular formula is C32H52N7O22P3S. The van der Waals surface area contributed by atoms with Crippen LogP contribution in [0.1, 0.15) is 52.7 Å². The minimum Gasteiger partial charge on any atom is -0.390 e. The van der Waals surface area contributed by atoms with Gasteiger partial charge in [0.15, 0.2) is 29.1 Å². The van der Waals surface area contributed by atoms with Crippen molar-refractivity contribution < 1.29 is 105 Å². The largest absolute Gasteiger partial charge is 0.481 e. The third kappa shape index (κ3) is 16.7. The van der Waals surface area contributed by atoms with Crippen molar-refractivity contribution in [1.29, 1.82) is 0 Å². The van der Waals surface area contributed by atoms with Crippen molar-refractivity contribution in [1.82, 2.24) is 30.2 Å². The third-order valence-corrected chi connectivity index (χ3v) is 13.4. The van der Waals surface area contributed by atoms with Crippen LogP contribution >= 0.6 is 35.2 Å². The highest BCUT2D eigenvalue weighted by Gasteiger charge is 2.50. The van der Waals surface area contributed by atoms with E-state index < -0.39 is 126 Å². The Hall–Kier alpha value is -2.93. The number of aliphatic hydroxyl groups excluding tert-OH is 4. The van der Waals surface area contributed by atoms with E-state index in [0.717, 1.165) is 29.0 Å². The van der Waals surface area contributed by atoms with Crippen LogP contribution in [-0.2, 0) is 65.0 Å². The van der Waals surface area contributed by atoms with Crippen LogP contribution in [0, 0.1) is 5.41 Å². The number of Topliss-reactive ketones (excluding diaryl/α,β-unsaturated/α-hetero) is 1. The van der Waals surface area contributed by atoms with E-state index in [2.05, 4.69) is 34.4 Å². The Morgan fingerprint density at radius 1 is 0.985 bits per heavy atom. The molecule has 2 unspecified atom stereocenters. The van der Waals surface area contributed by atoms with E-state index in [4.69, 9.17) is 29.0 Å². The maximum Gasteiger partial charge on any atom is 0.481 e. The van der Waals surface area contributed by atoms with Gasteiger partial charge in [0, 0.05) is 43.5 Å². The quantitative estimate of drug-likeness (QED) is 0.0288. The number of aromatic nitrogens is 4. The summed E-state index contributed by atoms with van der Waals surface area (Å²) >= 11 is 0.807. The van der Waals surface area contributed by atoms with Gasteiger partial charge in [0.2, 0.25) is 11.8 Å². The van der Waals surface area contributed by atoms with Crippen LogP contribution in [0.4, 0.5) is 5.82 Å². The molecule has 0 bridgehead atoms. The molecule has 0 saturated carbocycles. The summed E-state index contributed by atoms with van der Waals surface area (Å²) in [6.07, 6.45) is -11.1. The number of hydrogen-bond acceptors (Lipinski definition) is 23. The summed E-state index contributed by atoms with van der Waals surface area (Å²) in [4.78, 5) is 100. The lowest BCUT2D eigenvalue weighted by Crippen LogP contribution is -2.47. The fourth-order valence-electron chi connectivity index (χ4n) is 5.98. The predicted octanol–water partition coefficient (Wildman–Crippen LogP) is -2.11.